The lowest BCUT2D eigenvalue weighted by atomic mass is 10.1. The molecule has 0 spiro atoms. The van der Waals surface area contributed by atoms with Crippen LogP contribution in [0.1, 0.15) is 5.69 Å². The lowest BCUT2D eigenvalue weighted by Gasteiger charge is -2.08. The number of carbonyl (C=O) groups excluding carboxylic acids is 1. The number of hydrogen-bond acceptors (Lipinski definition) is 4. The maximum atomic E-state index is 12.7. The third-order valence-corrected chi connectivity index (χ3v) is 5.72. The number of imidazole rings is 1. The largest absolute Gasteiger partial charge is 0.326 e. The highest BCUT2D eigenvalue weighted by atomic mass is 35.5. The van der Waals surface area contributed by atoms with E-state index in [1.165, 1.54) is 24.3 Å². The van der Waals surface area contributed by atoms with Crippen molar-refractivity contribution in [3.8, 4) is 11.3 Å². The van der Waals surface area contributed by atoms with Crippen molar-refractivity contribution in [1.29, 1.82) is 0 Å². The summed E-state index contributed by atoms with van der Waals surface area (Å²) in [4.78, 5) is 17.4. The molecule has 0 atom stereocenters. The first kappa shape index (κ1) is 20.1. The summed E-state index contributed by atoms with van der Waals surface area (Å²) in [5.74, 6) is -0.265. The Labute approximate surface area is 178 Å². The molecule has 0 saturated heterocycles. The van der Waals surface area contributed by atoms with Crippen molar-refractivity contribution < 1.29 is 13.2 Å². The standard InChI is InChI=1S/C21H17ClN4O3S/c22-15-6-4-14(5-7-15)21-18(26-12-2-1-3-19(26)25-21)13-20(27)24-16-8-10-17(11-9-16)30(23,28)29/h1-12H,13H2,(H,24,27)(H2,23,28,29). The minimum absolute atomic E-state index is 0.0210. The molecule has 0 unspecified atom stereocenters. The molecule has 4 rings (SSSR count). The summed E-state index contributed by atoms with van der Waals surface area (Å²) in [6, 6.07) is 18.6. The first-order valence-electron chi connectivity index (χ1n) is 8.96. The van der Waals surface area contributed by atoms with Crippen molar-refractivity contribution in [2.45, 2.75) is 11.3 Å². The number of pyridine rings is 1. The summed E-state index contributed by atoms with van der Waals surface area (Å²) in [5.41, 5.74) is 3.46. The van der Waals surface area contributed by atoms with Gasteiger partial charge in [-0.2, -0.15) is 0 Å². The van der Waals surface area contributed by atoms with Crippen LogP contribution in [0.4, 0.5) is 5.69 Å². The molecule has 4 aromatic rings. The van der Waals surface area contributed by atoms with Crippen LogP contribution >= 0.6 is 11.6 Å². The minimum Gasteiger partial charge on any atom is -0.326 e. The van der Waals surface area contributed by atoms with Crippen LogP contribution < -0.4 is 10.5 Å². The SMILES string of the molecule is NS(=O)(=O)c1ccc(NC(=O)Cc2c(-c3ccc(Cl)cc3)nc3ccccn23)cc1. The van der Waals surface area contributed by atoms with Crippen molar-refractivity contribution in [1.82, 2.24) is 9.38 Å². The quantitative estimate of drug-likeness (QED) is 0.495. The van der Waals surface area contributed by atoms with Crippen LogP contribution in [0.15, 0.2) is 77.8 Å². The van der Waals surface area contributed by atoms with Gasteiger partial charge in [0.2, 0.25) is 15.9 Å². The highest BCUT2D eigenvalue weighted by Gasteiger charge is 2.17. The van der Waals surface area contributed by atoms with Gasteiger partial charge >= 0.3 is 0 Å². The molecule has 0 saturated carbocycles. The Morgan fingerprint density at radius 3 is 2.40 bits per heavy atom. The van der Waals surface area contributed by atoms with Crippen LogP contribution in [0, 0.1) is 0 Å². The fourth-order valence-electron chi connectivity index (χ4n) is 3.14. The van der Waals surface area contributed by atoms with Crippen LogP contribution in [0.5, 0.6) is 0 Å². The summed E-state index contributed by atoms with van der Waals surface area (Å²) < 4.78 is 24.6. The molecule has 2 aromatic carbocycles. The Hall–Kier alpha value is -3.20. The molecule has 7 nitrogen and oxygen atoms in total. The number of halogens is 1. The third-order valence-electron chi connectivity index (χ3n) is 4.54. The number of sulfonamides is 1. The number of nitrogens with one attached hydrogen (secondary N) is 1. The molecule has 0 aliphatic heterocycles. The smallest absolute Gasteiger partial charge is 0.238 e. The van der Waals surface area contributed by atoms with Gasteiger partial charge in [-0.15, -0.1) is 0 Å². The maximum absolute atomic E-state index is 12.7. The van der Waals surface area contributed by atoms with E-state index < -0.39 is 10.0 Å². The van der Waals surface area contributed by atoms with Gasteiger partial charge in [-0.05, 0) is 48.5 Å². The van der Waals surface area contributed by atoms with Gasteiger partial charge in [0.1, 0.15) is 5.65 Å². The van der Waals surface area contributed by atoms with E-state index in [0.717, 1.165) is 16.9 Å². The summed E-state index contributed by atoms with van der Waals surface area (Å²) in [5, 5.41) is 8.49. The molecular weight excluding hydrogens is 424 g/mol. The number of nitrogens with zero attached hydrogens (tertiary/aromatic N) is 2. The lowest BCUT2D eigenvalue weighted by molar-refractivity contribution is -0.115. The lowest BCUT2D eigenvalue weighted by Crippen LogP contribution is -2.16. The van der Waals surface area contributed by atoms with Crippen molar-refractivity contribution in [2.24, 2.45) is 5.14 Å². The predicted molar refractivity (Wildman–Crippen MR) is 116 cm³/mol. The number of rotatable bonds is 5. The molecule has 1 amide bonds. The van der Waals surface area contributed by atoms with Gasteiger partial charge in [0.25, 0.3) is 0 Å². The number of carbonyl (C=O) groups is 1. The van der Waals surface area contributed by atoms with Crippen LogP contribution in [0.25, 0.3) is 16.9 Å². The molecule has 2 aromatic heterocycles. The number of nitrogens with two attached hydrogens (primary N) is 1. The molecule has 0 aliphatic carbocycles. The van der Waals surface area contributed by atoms with E-state index in [-0.39, 0.29) is 17.2 Å². The summed E-state index contributed by atoms with van der Waals surface area (Å²) in [6.07, 6.45) is 1.92. The molecule has 0 fully saturated rings. The zero-order valence-corrected chi connectivity index (χ0v) is 17.2. The molecule has 30 heavy (non-hydrogen) atoms. The number of hydrogen-bond donors (Lipinski definition) is 2. The molecular formula is C21H17ClN4O3S. The second-order valence-electron chi connectivity index (χ2n) is 6.64. The van der Waals surface area contributed by atoms with Gasteiger partial charge in [0.05, 0.1) is 22.7 Å². The Bertz CT molecular complexity index is 1330. The van der Waals surface area contributed by atoms with E-state index in [2.05, 4.69) is 10.3 Å². The minimum atomic E-state index is -3.79. The topological polar surface area (TPSA) is 107 Å². The molecule has 0 aliphatic rings. The van der Waals surface area contributed by atoms with E-state index in [1.54, 1.807) is 12.1 Å². The van der Waals surface area contributed by atoms with Crippen molar-refractivity contribution in [3.05, 3.63) is 83.6 Å². The van der Waals surface area contributed by atoms with Crippen molar-refractivity contribution in [3.63, 3.8) is 0 Å². The van der Waals surface area contributed by atoms with Gasteiger partial charge < -0.3 is 9.72 Å². The Morgan fingerprint density at radius 1 is 1.03 bits per heavy atom. The summed E-state index contributed by atoms with van der Waals surface area (Å²) in [6.45, 7) is 0. The van der Waals surface area contributed by atoms with E-state index in [0.29, 0.717) is 16.4 Å². The highest BCUT2D eigenvalue weighted by Crippen LogP contribution is 2.26. The van der Waals surface area contributed by atoms with Crippen LogP contribution in [0.2, 0.25) is 5.02 Å². The van der Waals surface area contributed by atoms with Crippen LogP contribution in [-0.4, -0.2) is 23.7 Å². The fourth-order valence-corrected chi connectivity index (χ4v) is 3.78. The molecule has 0 bridgehead atoms. The summed E-state index contributed by atoms with van der Waals surface area (Å²) >= 11 is 6.00. The average Bonchev–Trinajstić information content (AvgIpc) is 3.07. The average molecular weight is 441 g/mol. The number of fused-ring (bicyclic) bond motifs is 1. The Morgan fingerprint density at radius 2 is 1.73 bits per heavy atom. The first-order chi connectivity index (χ1) is 14.3. The number of primary sulfonamides is 1. The molecule has 9 heteroatoms. The zero-order chi connectivity index (χ0) is 21.3. The van der Waals surface area contributed by atoms with Crippen LogP contribution in [-0.2, 0) is 21.2 Å². The fraction of sp³-hybridized carbons (Fsp3) is 0.0476. The second-order valence-corrected chi connectivity index (χ2v) is 8.64. The summed E-state index contributed by atoms with van der Waals surface area (Å²) in [7, 11) is -3.79. The van der Waals surface area contributed by atoms with E-state index in [9.17, 15) is 13.2 Å². The molecule has 0 radical (unpaired) electrons. The van der Waals surface area contributed by atoms with Crippen LogP contribution in [0.3, 0.4) is 0 Å². The third kappa shape index (κ3) is 4.20. The first-order valence-corrected chi connectivity index (χ1v) is 10.9. The van der Waals surface area contributed by atoms with Crippen molar-refractivity contribution in [2.75, 3.05) is 5.32 Å². The predicted octanol–water partition coefficient (Wildman–Crippen LogP) is 3.48. The van der Waals surface area contributed by atoms with E-state index >= 15 is 0 Å². The molecule has 152 valence electrons. The zero-order valence-electron chi connectivity index (χ0n) is 15.6. The van der Waals surface area contributed by atoms with Gasteiger partial charge in [0.15, 0.2) is 0 Å². The highest BCUT2D eigenvalue weighted by molar-refractivity contribution is 7.89. The Kier molecular flexibility index (Phi) is 5.29. The maximum Gasteiger partial charge on any atom is 0.238 e. The number of aromatic nitrogens is 2. The van der Waals surface area contributed by atoms with E-state index in [4.69, 9.17) is 16.7 Å². The monoisotopic (exact) mass is 440 g/mol. The van der Waals surface area contributed by atoms with E-state index in [1.807, 2.05) is 40.9 Å². The van der Waals surface area contributed by atoms with Crippen molar-refractivity contribution >= 4 is 38.9 Å². The van der Waals surface area contributed by atoms with Gasteiger partial charge in [0, 0.05) is 22.5 Å². The van der Waals surface area contributed by atoms with Gasteiger partial charge in [-0.25, -0.2) is 18.5 Å². The molecule has 2 heterocycles. The Balaban J connectivity index is 1.63. The number of anilines is 1. The second kappa shape index (κ2) is 7.91. The number of amides is 1. The van der Waals surface area contributed by atoms with Gasteiger partial charge in [-0.3, -0.25) is 4.79 Å². The normalized spacial score (nSPS) is 11.5. The van der Waals surface area contributed by atoms with Gasteiger partial charge in [-0.1, -0.05) is 29.8 Å². The molecule has 3 N–H and O–H groups in total. The number of benzene rings is 2.